The van der Waals surface area contributed by atoms with E-state index < -0.39 is 45.4 Å². The highest BCUT2D eigenvalue weighted by atomic mass is 19.4. The molecule has 0 aliphatic carbocycles. The molecule has 0 bridgehead atoms. The van der Waals surface area contributed by atoms with Crippen LogP contribution in [0.4, 0.5) is 77.5 Å². The number of anilines is 9. The molecule has 0 saturated heterocycles. The second kappa shape index (κ2) is 13.5. The Morgan fingerprint density at radius 1 is 0.317 bits per heavy atom. The first-order chi connectivity index (χ1) is 29.8. The molecule has 7 aromatic carbocycles. The molecule has 0 saturated carbocycles. The van der Waals surface area contributed by atoms with Gasteiger partial charge < -0.3 is 14.7 Å². The molecule has 0 fully saturated rings. The lowest BCUT2D eigenvalue weighted by Crippen LogP contribution is -2.36. The maximum Gasteiger partial charge on any atom is 0.420 e. The minimum atomic E-state index is -5.32. The standard InChI is InChI=1S/C54H45F6N3/c1-32-47(61-39-26-14-8-20-33(39)50(2,3)34-21-9-15-27-40(34)61)45(53(55,56)57)49(63-43-30-18-12-24-37(43)52(6,7)38-25-13-19-31-44(38)63)46(54(58,59)60)48(32)62-41-28-16-10-22-35(41)51(4,5)36-23-11-17-29-42(36)62/h8-31H,1-7H3. The van der Waals surface area contributed by atoms with E-state index in [0.717, 1.165) is 22.3 Å². The quantitative estimate of drug-likeness (QED) is 0.164. The van der Waals surface area contributed by atoms with Gasteiger partial charge in [0.25, 0.3) is 0 Å². The molecule has 10 rings (SSSR count). The molecule has 63 heavy (non-hydrogen) atoms. The van der Waals surface area contributed by atoms with E-state index in [4.69, 9.17) is 0 Å². The summed E-state index contributed by atoms with van der Waals surface area (Å²) < 4.78 is 103. The zero-order valence-electron chi connectivity index (χ0n) is 36.0. The van der Waals surface area contributed by atoms with Crippen LogP contribution in [-0.4, -0.2) is 0 Å². The fourth-order valence-corrected chi connectivity index (χ4v) is 10.9. The van der Waals surface area contributed by atoms with Crippen molar-refractivity contribution in [2.24, 2.45) is 0 Å². The molecule has 3 heterocycles. The summed E-state index contributed by atoms with van der Waals surface area (Å²) in [6.45, 7) is 13.4. The highest BCUT2D eigenvalue weighted by Gasteiger charge is 2.54. The van der Waals surface area contributed by atoms with Gasteiger partial charge in [-0.05, 0) is 82.3 Å². The Hall–Kier alpha value is -6.48. The summed E-state index contributed by atoms with van der Waals surface area (Å²) in [6.07, 6.45) is -10.6. The second-order valence-electron chi connectivity index (χ2n) is 18.4. The molecule has 0 radical (unpaired) electrons. The third-order valence-electron chi connectivity index (χ3n) is 13.8. The summed E-state index contributed by atoms with van der Waals surface area (Å²) in [5.74, 6) is 0. The van der Waals surface area contributed by atoms with Gasteiger partial charge in [-0.25, -0.2) is 0 Å². The maximum atomic E-state index is 17.1. The van der Waals surface area contributed by atoms with Crippen LogP contribution in [-0.2, 0) is 28.6 Å². The Morgan fingerprint density at radius 3 is 0.714 bits per heavy atom. The Balaban J connectivity index is 1.48. The molecule has 3 aliphatic heterocycles. The molecule has 3 aliphatic rings. The molecule has 0 amide bonds. The van der Waals surface area contributed by atoms with Crippen molar-refractivity contribution in [1.29, 1.82) is 0 Å². The van der Waals surface area contributed by atoms with E-state index in [1.807, 2.05) is 90.1 Å². The van der Waals surface area contributed by atoms with E-state index in [1.54, 1.807) is 107 Å². The van der Waals surface area contributed by atoms with Crippen molar-refractivity contribution in [1.82, 2.24) is 0 Å². The van der Waals surface area contributed by atoms with E-state index in [-0.39, 0.29) is 28.3 Å². The molecule has 0 N–H and O–H groups in total. The number of para-hydroxylation sites is 6. The van der Waals surface area contributed by atoms with Gasteiger partial charge in [0, 0.05) is 16.2 Å². The third-order valence-corrected chi connectivity index (χ3v) is 13.8. The first-order valence-electron chi connectivity index (χ1n) is 21.1. The Labute approximate surface area is 363 Å². The van der Waals surface area contributed by atoms with Crippen LogP contribution in [0.25, 0.3) is 0 Å². The molecule has 318 valence electrons. The van der Waals surface area contributed by atoms with Crippen molar-refractivity contribution in [3.8, 4) is 0 Å². The van der Waals surface area contributed by atoms with Crippen LogP contribution >= 0.6 is 0 Å². The Kier molecular flexibility index (Phi) is 8.70. The smallest absolute Gasteiger partial charge is 0.309 e. The topological polar surface area (TPSA) is 9.72 Å². The van der Waals surface area contributed by atoms with Crippen LogP contribution in [0.3, 0.4) is 0 Å². The van der Waals surface area contributed by atoms with Crippen LogP contribution < -0.4 is 14.7 Å². The number of halogens is 6. The molecule has 0 unspecified atom stereocenters. The maximum absolute atomic E-state index is 17.1. The average molecular weight is 850 g/mol. The zero-order valence-corrected chi connectivity index (χ0v) is 36.0. The van der Waals surface area contributed by atoms with Gasteiger partial charge in [0.15, 0.2) is 0 Å². The van der Waals surface area contributed by atoms with Gasteiger partial charge in [-0.15, -0.1) is 0 Å². The van der Waals surface area contributed by atoms with Gasteiger partial charge in [0.05, 0.1) is 51.2 Å². The second-order valence-corrected chi connectivity index (χ2v) is 18.4. The molecule has 0 aromatic heterocycles. The summed E-state index contributed by atoms with van der Waals surface area (Å²) in [5.41, 5.74) is -0.364. The summed E-state index contributed by atoms with van der Waals surface area (Å²) in [4.78, 5) is 4.38. The molecule has 0 spiro atoms. The summed E-state index contributed by atoms with van der Waals surface area (Å²) in [7, 11) is 0. The third kappa shape index (κ3) is 5.67. The summed E-state index contributed by atoms with van der Waals surface area (Å²) in [5, 5.41) is 0. The van der Waals surface area contributed by atoms with Gasteiger partial charge in [-0.3, -0.25) is 0 Å². The van der Waals surface area contributed by atoms with Gasteiger partial charge in [-0.2, -0.15) is 26.3 Å². The largest absolute Gasteiger partial charge is 0.420 e. The van der Waals surface area contributed by atoms with Gasteiger partial charge in [-0.1, -0.05) is 151 Å². The van der Waals surface area contributed by atoms with Crippen molar-refractivity contribution >= 4 is 51.2 Å². The van der Waals surface area contributed by atoms with E-state index in [9.17, 15) is 0 Å². The molecule has 3 nitrogen and oxygen atoms in total. The lowest BCUT2D eigenvalue weighted by molar-refractivity contribution is -0.141. The number of hydrogen-bond acceptors (Lipinski definition) is 3. The average Bonchev–Trinajstić information content (AvgIpc) is 3.24. The molecule has 7 aromatic rings. The van der Waals surface area contributed by atoms with E-state index in [1.165, 1.54) is 11.8 Å². The van der Waals surface area contributed by atoms with Crippen LogP contribution in [0.2, 0.25) is 0 Å². The summed E-state index contributed by atoms with van der Waals surface area (Å²) in [6, 6.07) is 42.9. The molecule has 9 heteroatoms. The zero-order chi connectivity index (χ0) is 44.6. The van der Waals surface area contributed by atoms with Crippen molar-refractivity contribution in [2.75, 3.05) is 14.7 Å². The minimum absolute atomic E-state index is 0.175. The molecular formula is C54H45F6N3. The number of hydrogen-bond donors (Lipinski definition) is 0. The first-order valence-corrected chi connectivity index (χ1v) is 21.1. The van der Waals surface area contributed by atoms with E-state index in [0.29, 0.717) is 33.9 Å². The number of fused-ring (bicyclic) bond motifs is 6. The number of benzene rings is 7. The molecule has 0 atom stereocenters. The minimum Gasteiger partial charge on any atom is -0.309 e. The predicted molar refractivity (Wildman–Crippen MR) is 242 cm³/mol. The van der Waals surface area contributed by atoms with Crippen molar-refractivity contribution in [3.63, 3.8) is 0 Å². The van der Waals surface area contributed by atoms with E-state index >= 15 is 26.3 Å². The lowest BCUT2D eigenvalue weighted by Gasteiger charge is -2.48. The number of alkyl halides is 6. The summed E-state index contributed by atoms with van der Waals surface area (Å²) >= 11 is 0. The van der Waals surface area contributed by atoms with Gasteiger partial charge >= 0.3 is 12.4 Å². The lowest BCUT2D eigenvalue weighted by atomic mass is 9.72. The normalized spacial score (nSPS) is 16.6. The highest BCUT2D eigenvalue weighted by Crippen LogP contribution is 2.65. The van der Waals surface area contributed by atoms with Gasteiger partial charge in [0.2, 0.25) is 0 Å². The number of rotatable bonds is 3. The van der Waals surface area contributed by atoms with Crippen LogP contribution in [0, 0.1) is 6.92 Å². The highest BCUT2D eigenvalue weighted by molar-refractivity contribution is 6.02. The Morgan fingerprint density at radius 2 is 0.508 bits per heavy atom. The monoisotopic (exact) mass is 849 g/mol. The predicted octanol–water partition coefficient (Wildman–Crippen LogP) is 16.4. The van der Waals surface area contributed by atoms with Crippen LogP contribution in [0.5, 0.6) is 0 Å². The fraction of sp³-hybridized carbons (Fsp3) is 0.222. The van der Waals surface area contributed by atoms with Gasteiger partial charge in [0.1, 0.15) is 11.1 Å². The van der Waals surface area contributed by atoms with Crippen molar-refractivity contribution < 1.29 is 26.3 Å². The fourth-order valence-electron chi connectivity index (χ4n) is 10.9. The van der Waals surface area contributed by atoms with Crippen LogP contribution in [0.15, 0.2) is 146 Å². The van der Waals surface area contributed by atoms with Crippen molar-refractivity contribution in [2.45, 2.75) is 77.1 Å². The van der Waals surface area contributed by atoms with E-state index in [2.05, 4.69) is 0 Å². The SMILES string of the molecule is Cc1c(N2c3ccccc3C(C)(C)c3ccccc32)c(C(F)(F)F)c(N2c3ccccc3C(C)(C)c3ccccc32)c(C(F)(F)F)c1N1c2ccccc2C(C)(C)c2ccccc21. The van der Waals surface area contributed by atoms with Crippen LogP contribution in [0.1, 0.15) is 91.6 Å². The Bertz CT molecular complexity index is 2720. The van der Waals surface area contributed by atoms with Crippen molar-refractivity contribution in [3.05, 3.63) is 196 Å². The molecular weight excluding hydrogens is 805 g/mol. The number of nitrogens with zero attached hydrogens (tertiary/aromatic N) is 3. The first kappa shape index (κ1) is 40.6.